The third-order valence-electron chi connectivity index (χ3n) is 4.69. The Bertz CT molecular complexity index is 1180. The lowest BCUT2D eigenvalue weighted by Crippen LogP contribution is -2.51. The van der Waals surface area contributed by atoms with Crippen LogP contribution in [0.4, 0.5) is 18.7 Å². The van der Waals surface area contributed by atoms with Gasteiger partial charge in [-0.3, -0.25) is 15.1 Å². The number of hydrogen-bond donors (Lipinski definition) is 3. The van der Waals surface area contributed by atoms with E-state index in [1.807, 2.05) is 0 Å². The summed E-state index contributed by atoms with van der Waals surface area (Å²) in [6.07, 6.45) is -1.92. The molecule has 1 radical (unpaired) electrons. The number of halogens is 3. The van der Waals surface area contributed by atoms with Crippen LogP contribution in [0.3, 0.4) is 0 Å². The Labute approximate surface area is 203 Å². The zero-order chi connectivity index (χ0) is 24.8. The molecule has 0 aliphatic heterocycles. The van der Waals surface area contributed by atoms with Crippen molar-refractivity contribution in [2.75, 3.05) is 11.9 Å². The summed E-state index contributed by atoms with van der Waals surface area (Å²) in [4.78, 5) is 28.7. The molecule has 2 amide bonds. The smallest absolute Gasteiger partial charge is 0.413 e. The number of nitrogens with one attached hydrogen (secondary N) is 2. The molecule has 3 aromatic rings. The molecule has 2 aromatic carbocycles. The Morgan fingerprint density at radius 3 is 2.79 bits per heavy atom. The molecule has 1 aromatic heterocycles. The van der Waals surface area contributed by atoms with Gasteiger partial charge in [0.2, 0.25) is 5.91 Å². The highest BCUT2D eigenvalue weighted by Gasteiger charge is 2.25. The number of ether oxygens (including phenoxy) is 1. The van der Waals surface area contributed by atoms with E-state index in [0.717, 1.165) is 11.3 Å². The fourth-order valence-electron chi connectivity index (χ4n) is 3.16. The lowest BCUT2D eigenvalue weighted by atomic mass is 10.1. The van der Waals surface area contributed by atoms with E-state index in [2.05, 4.69) is 22.7 Å². The molecule has 34 heavy (non-hydrogen) atoms. The molecule has 0 aliphatic carbocycles. The number of aromatic nitrogens is 1. The van der Waals surface area contributed by atoms with E-state index in [1.165, 1.54) is 42.3 Å². The third kappa shape index (κ3) is 6.83. The van der Waals surface area contributed by atoms with Crippen molar-refractivity contribution in [2.45, 2.75) is 32.0 Å². The summed E-state index contributed by atoms with van der Waals surface area (Å²) in [5.41, 5.74) is 3.77. The first-order valence-corrected chi connectivity index (χ1v) is 11.3. The van der Waals surface area contributed by atoms with Crippen LogP contribution in [0.25, 0.3) is 10.2 Å². The Kier molecular flexibility index (Phi) is 8.72. The standard InChI is InChI=1S/C22H22ClF2N4O4S/c1-12(30)8-16(29(13(2)31)26-10-14-4-3-5-17(25)20(14)23)11-33-22(32)28-21-27-18-7-6-15(24)9-19(18)34-21/h3-7,9,12,16,26,30H,1,8,10-11H2,2H3,(H,27,28,32)/t12-,16+/m1/s1. The summed E-state index contributed by atoms with van der Waals surface area (Å²) in [6, 6.07) is 7.55. The number of benzene rings is 2. The van der Waals surface area contributed by atoms with E-state index >= 15 is 0 Å². The number of carbonyl (C=O) groups excluding carboxylic acids is 2. The summed E-state index contributed by atoms with van der Waals surface area (Å²) < 4.78 is 32.8. The number of amides is 2. The van der Waals surface area contributed by atoms with Gasteiger partial charge in [-0.2, -0.15) is 0 Å². The first-order chi connectivity index (χ1) is 16.1. The zero-order valence-corrected chi connectivity index (χ0v) is 19.6. The van der Waals surface area contributed by atoms with Crippen molar-refractivity contribution in [1.29, 1.82) is 0 Å². The number of rotatable bonds is 9. The number of fused-ring (bicyclic) bond motifs is 1. The third-order valence-corrected chi connectivity index (χ3v) is 6.04. The summed E-state index contributed by atoms with van der Waals surface area (Å²) in [7, 11) is 0. The van der Waals surface area contributed by atoms with Gasteiger partial charge in [-0.15, -0.1) is 0 Å². The number of aliphatic hydroxyl groups excluding tert-OH is 1. The largest absolute Gasteiger partial charge is 0.447 e. The van der Waals surface area contributed by atoms with Crippen LogP contribution < -0.4 is 10.7 Å². The van der Waals surface area contributed by atoms with Crippen LogP contribution in [0.15, 0.2) is 36.4 Å². The second kappa shape index (κ2) is 11.5. The number of hydrazine groups is 1. The van der Waals surface area contributed by atoms with Gasteiger partial charge in [0.1, 0.15) is 18.2 Å². The van der Waals surface area contributed by atoms with Crippen LogP contribution in [0.1, 0.15) is 18.9 Å². The molecule has 0 fully saturated rings. The second-order valence-corrected chi connectivity index (χ2v) is 8.74. The Balaban J connectivity index is 1.65. The maximum atomic E-state index is 13.7. The van der Waals surface area contributed by atoms with Crippen molar-refractivity contribution in [3.8, 4) is 0 Å². The van der Waals surface area contributed by atoms with Gasteiger partial charge in [0, 0.05) is 13.5 Å². The lowest BCUT2D eigenvalue weighted by molar-refractivity contribution is -0.137. The molecule has 3 N–H and O–H groups in total. The van der Waals surface area contributed by atoms with Crippen LogP contribution in [0.2, 0.25) is 5.02 Å². The maximum Gasteiger partial charge on any atom is 0.413 e. The molecule has 0 unspecified atom stereocenters. The van der Waals surface area contributed by atoms with Crippen LogP contribution in [-0.2, 0) is 16.1 Å². The predicted molar refractivity (Wildman–Crippen MR) is 125 cm³/mol. The summed E-state index contributed by atoms with van der Waals surface area (Å²) in [6.45, 7) is 4.51. The molecule has 0 bridgehead atoms. The Hall–Kier alpha value is -2.86. The Morgan fingerprint density at radius 1 is 1.32 bits per heavy atom. The molecule has 0 saturated carbocycles. The molecule has 0 aliphatic rings. The van der Waals surface area contributed by atoms with E-state index in [4.69, 9.17) is 16.3 Å². The molecule has 2 atom stereocenters. The highest BCUT2D eigenvalue weighted by atomic mass is 35.5. The second-order valence-electron chi connectivity index (χ2n) is 7.33. The van der Waals surface area contributed by atoms with Crippen LogP contribution in [0, 0.1) is 18.6 Å². The summed E-state index contributed by atoms with van der Waals surface area (Å²) in [5.74, 6) is -1.45. The molecule has 8 nitrogen and oxygen atoms in total. The minimum Gasteiger partial charge on any atom is -0.447 e. The molecule has 0 saturated heterocycles. The number of nitrogens with zero attached hydrogens (tertiary/aromatic N) is 2. The number of anilines is 1. The van der Waals surface area contributed by atoms with E-state index in [0.29, 0.717) is 15.8 Å². The van der Waals surface area contributed by atoms with Gasteiger partial charge in [-0.25, -0.2) is 24.0 Å². The number of thiazole rings is 1. The highest BCUT2D eigenvalue weighted by Crippen LogP contribution is 2.26. The van der Waals surface area contributed by atoms with Crippen molar-refractivity contribution in [3.63, 3.8) is 0 Å². The SMILES string of the molecule is [CH2][C@@H](O)C[C@@H](COC(=O)Nc1nc2ccc(F)cc2s1)N(NCc1cccc(F)c1Cl)C(C)=O. The minimum absolute atomic E-state index is 0.00831. The molecule has 0 spiro atoms. The van der Waals surface area contributed by atoms with E-state index in [9.17, 15) is 23.5 Å². The number of hydrogen-bond acceptors (Lipinski definition) is 7. The van der Waals surface area contributed by atoms with Gasteiger partial charge in [0.05, 0.1) is 27.4 Å². The molecular weight excluding hydrogens is 490 g/mol. The topological polar surface area (TPSA) is 104 Å². The number of aliphatic hydroxyl groups is 1. The van der Waals surface area contributed by atoms with E-state index in [1.54, 1.807) is 6.07 Å². The number of carbonyl (C=O) groups is 2. The average Bonchev–Trinajstić information content (AvgIpc) is 3.15. The van der Waals surface area contributed by atoms with Crippen molar-refractivity contribution >= 4 is 50.3 Å². The maximum absolute atomic E-state index is 13.7. The van der Waals surface area contributed by atoms with Gasteiger partial charge in [0.25, 0.3) is 0 Å². The fraction of sp³-hybridized carbons (Fsp3) is 0.273. The van der Waals surface area contributed by atoms with E-state index < -0.39 is 35.8 Å². The normalized spacial score (nSPS) is 12.9. The lowest BCUT2D eigenvalue weighted by Gasteiger charge is -2.32. The summed E-state index contributed by atoms with van der Waals surface area (Å²) >= 11 is 7.04. The highest BCUT2D eigenvalue weighted by molar-refractivity contribution is 7.22. The zero-order valence-electron chi connectivity index (χ0n) is 18.1. The van der Waals surface area contributed by atoms with Crippen LogP contribution >= 0.6 is 22.9 Å². The summed E-state index contributed by atoms with van der Waals surface area (Å²) in [5, 5.41) is 13.5. The molecule has 181 valence electrons. The predicted octanol–water partition coefficient (Wildman–Crippen LogP) is 4.28. The molecule has 12 heteroatoms. The van der Waals surface area contributed by atoms with Gasteiger partial charge in [0.15, 0.2) is 5.13 Å². The van der Waals surface area contributed by atoms with Gasteiger partial charge >= 0.3 is 6.09 Å². The fourth-order valence-corrected chi connectivity index (χ4v) is 4.23. The molecule has 3 rings (SSSR count). The van der Waals surface area contributed by atoms with Crippen molar-refractivity contribution in [2.24, 2.45) is 0 Å². The van der Waals surface area contributed by atoms with Crippen molar-refractivity contribution < 1.29 is 28.2 Å². The van der Waals surface area contributed by atoms with Crippen molar-refractivity contribution in [3.05, 3.63) is 65.5 Å². The first kappa shape index (κ1) is 25.8. The van der Waals surface area contributed by atoms with Gasteiger partial charge < -0.3 is 9.84 Å². The quantitative estimate of drug-likeness (QED) is 0.370. The molecule has 1 heterocycles. The van der Waals surface area contributed by atoms with E-state index in [-0.39, 0.29) is 29.7 Å². The van der Waals surface area contributed by atoms with Crippen LogP contribution in [0.5, 0.6) is 0 Å². The minimum atomic E-state index is -1.06. The monoisotopic (exact) mass is 511 g/mol. The van der Waals surface area contributed by atoms with Crippen LogP contribution in [-0.4, -0.2) is 45.9 Å². The Morgan fingerprint density at radius 2 is 2.09 bits per heavy atom. The van der Waals surface area contributed by atoms with Gasteiger partial charge in [-0.05, 0) is 43.2 Å². The average molecular weight is 512 g/mol. The van der Waals surface area contributed by atoms with Gasteiger partial charge in [-0.1, -0.05) is 35.1 Å². The molecular formula is C22H22ClF2N4O4S. The first-order valence-electron chi connectivity index (χ1n) is 10.1. The van der Waals surface area contributed by atoms with Crippen molar-refractivity contribution in [1.82, 2.24) is 15.4 Å².